The molecule has 0 saturated carbocycles. The highest BCUT2D eigenvalue weighted by Crippen LogP contribution is 2.09. The molecule has 0 N–H and O–H groups in total. The minimum Gasteiger partial charge on any atom is -0.478 e. The summed E-state index contributed by atoms with van der Waals surface area (Å²) in [5.74, 6) is 0.531. The Bertz CT molecular complexity index is 284. The van der Waals surface area contributed by atoms with Gasteiger partial charge in [-0.05, 0) is 19.9 Å². The Morgan fingerprint density at radius 2 is 2.42 bits per heavy atom. The third-order valence-electron chi connectivity index (χ3n) is 1.43. The SMILES string of the molecule is CCOc1cc(C(C)=O)ccn1. The number of ketones is 1. The van der Waals surface area contributed by atoms with E-state index < -0.39 is 0 Å². The number of nitrogens with zero attached hydrogens (tertiary/aromatic N) is 1. The van der Waals surface area contributed by atoms with E-state index in [0.717, 1.165) is 0 Å². The van der Waals surface area contributed by atoms with Gasteiger partial charge in [0.05, 0.1) is 6.61 Å². The molecule has 0 bridgehead atoms. The van der Waals surface area contributed by atoms with E-state index in [0.29, 0.717) is 18.1 Å². The molecule has 0 spiro atoms. The summed E-state index contributed by atoms with van der Waals surface area (Å²) in [7, 11) is 0. The number of aromatic nitrogens is 1. The standard InChI is InChI=1S/C9H11NO2/c1-3-12-9-6-8(7(2)11)4-5-10-9/h4-6H,3H2,1-2H3. The van der Waals surface area contributed by atoms with Crippen LogP contribution in [0.4, 0.5) is 0 Å². The fourth-order valence-electron chi connectivity index (χ4n) is 0.855. The Kier molecular flexibility index (Phi) is 2.80. The van der Waals surface area contributed by atoms with Gasteiger partial charge in [0.15, 0.2) is 5.78 Å². The molecule has 0 aromatic carbocycles. The molecule has 1 heterocycles. The minimum atomic E-state index is 0.0263. The van der Waals surface area contributed by atoms with E-state index in [2.05, 4.69) is 4.98 Å². The van der Waals surface area contributed by atoms with E-state index in [9.17, 15) is 4.79 Å². The maximum absolute atomic E-state index is 10.9. The molecule has 0 aliphatic rings. The zero-order chi connectivity index (χ0) is 8.97. The summed E-state index contributed by atoms with van der Waals surface area (Å²) in [6, 6.07) is 3.32. The molecule has 0 radical (unpaired) electrons. The Labute approximate surface area is 71.4 Å². The quantitative estimate of drug-likeness (QED) is 0.640. The molecule has 0 aliphatic heterocycles. The lowest BCUT2D eigenvalue weighted by atomic mass is 10.2. The van der Waals surface area contributed by atoms with Crippen LogP contribution in [-0.2, 0) is 0 Å². The second-order valence-electron chi connectivity index (χ2n) is 2.37. The second kappa shape index (κ2) is 3.85. The molecular weight excluding hydrogens is 154 g/mol. The fourth-order valence-corrected chi connectivity index (χ4v) is 0.855. The highest BCUT2D eigenvalue weighted by molar-refractivity contribution is 5.94. The summed E-state index contributed by atoms with van der Waals surface area (Å²) < 4.78 is 5.13. The zero-order valence-corrected chi connectivity index (χ0v) is 7.20. The van der Waals surface area contributed by atoms with Crippen molar-refractivity contribution in [3.8, 4) is 5.88 Å². The second-order valence-corrected chi connectivity index (χ2v) is 2.37. The number of carbonyl (C=O) groups excluding carboxylic acids is 1. The summed E-state index contributed by atoms with van der Waals surface area (Å²) >= 11 is 0. The molecule has 0 unspecified atom stereocenters. The van der Waals surface area contributed by atoms with Crippen molar-refractivity contribution >= 4 is 5.78 Å². The fraction of sp³-hybridized carbons (Fsp3) is 0.333. The van der Waals surface area contributed by atoms with Crippen LogP contribution in [0.1, 0.15) is 24.2 Å². The van der Waals surface area contributed by atoms with E-state index in [4.69, 9.17) is 4.74 Å². The van der Waals surface area contributed by atoms with Crippen molar-refractivity contribution in [2.24, 2.45) is 0 Å². The summed E-state index contributed by atoms with van der Waals surface area (Å²) in [5.41, 5.74) is 0.633. The van der Waals surface area contributed by atoms with Gasteiger partial charge in [-0.2, -0.15) is 0 Å². The van der Waals surface area contributed by atoms with Crippen molar-refractivity contribution < 1.29 is 9.53 Å². The monoisotopic (exact) mass is 165 g/mol. The average Bonchev–Trinajstić information content (AvgIpc) is 2.05. The van der Waals surface area contributed by atoms with Gasteiger partial charge in [-0.25, -0.2) is 4.98 Å². The number of hydrogen-bond donors (Lipinski definition) is 0. The van der Waals surface area contributed by atoms with E-state index >= 15 is 0 Å². The zero-order valence-electron chi connectivity index (χ0n) is 7.20. The number of Topliss-reactive ketones (excluding diaryl/α,β-unsaturated/α-hetero) is 1. The molecule has 3 heteroatoms. The number of ether oxygens (including phenoxy) is 1. The molecule has 0 fully saturated rings. The maximum Gasteiger partial charge on any atom is 0.213 e. The van der Waals surface area contributed by atoms with Crippen molar-refractivity contribution in [1.29, 1.82) is 0 Å². The molecule has 1 aromatic rings. The number of hydrogen-bond acceptors (Lipinski definition) is 3. The highest BCUT2D eigenvalue weighted by atomic mass is 16.5. The van der Waals surface area contributed by atoms with Crippen molar-refractivity contribution in [3.05, 3.63) is 23.9 Å². The Hall–Kier alpha value is -1.38. The van der Waals surface area contributed by atoms with Crippen molar-refractivity contribution in [2.45, 2.75) is 13.8 Å². The molecule has 0 aliphatic carbocycles. The van der Waals surface area contributed by atoms with Gasteiger partial charge in [-0.1, -0.05) is 0 Å². The molecule has 0 saturated heterocycles. The van der Waals surface area contributed by atoms with Gasteiger partial charge in [0, 0.05) is 17.8 Å². The van der Waals surface area contributed by atoms with Crippen LogP contribution in [-0.4, -0.2) is 17.4 Å². The van der Waals surface area contributed by atoms with Crippen molar-refractivity contribution in [3.63, 3.8) is 0 Å². The lowest BCUT2D eigenvalue weighted by Gasteiger charge is -2.01. The third kappa shape index (κ3) is 2.05. The van der Waals surface area contributed by atoms with Crippen LogP contribution < -0.4 is 4.74 Å². The smallest absolute Gasteiger partial charge is 0.213 e. The van der Waals surface area contributed by atoms with E-state index in [1.807, 2.05) is 6.92 Å². The summed E-state index contributed by atoms with van der Waals surface area (Å²) in [5, 5.41) is 0. The molecule has 12 heavy (non-hydrogen) atoms. The molecule has 1 rings (SSSR count). The Balaban J connectivity index is 2.88. The van der Waals surface area contributed by atoms with Crippen LogP contribution in [0.5, 0.6) is 5.88 Å². The predicted molar refractivity (Wildman–Crippen MR) is 45.4 cm³/mol. The molecule has 64 valence electrons. The molecule has 1 aromatic heterocycles. The van der Waals surface area contributed by atoms with E-state index in [1.54, 1.807) is 18.3 Å². The number of carbonyl (C=O) groups is 1. The summed E-state index contributed by atoms with van der Waals surface area (Å²) in [6.07, 6.45) is 1.57. The Morgan fingerprint density at radius 1 is 1.67 bits per heavy atom. The lowest BCUT2D eigenvalue weighted by Crippen LogP contribution is -1.97. The predicted octanol–water partition coefficient (Wildman–Crippen LogP) is 1.68. The average molecular weight is 165 g/mol. The minimum absolute atomic E-state index is 0.0263. The molecular formula is C9H11NO2. The summed E-state index contributed by atoms with van der Waals surface area (Å²) in [6.45, 7) is 3.96. The first-order chi connectivity index (χ1) is 5.74. The van der Waals surface area contributed by atoms with Crippen LogP contribution in [0.25, 0.3) is 0 Å². The van der Waals surface area contributed by atoms with Crippen LogP contribution in [0.2, 0.25) is 0 Å². The first kappa shape index (κ1) is 8.71. The van der Waals surface area contributed by atoms with Crippen LogP contribution in [0, 0.1) is 0 Å². The van der Waals surface area contributed by atoms with Crippen molar-refractivity contribution in [1.82, 2.24) is 4.98 Å². The van der Waals surface area contributed by atoms with Gasteiger partial charge in [0.1, 0.15) is 0 Å². The number of pyridine rings is 1. The van der Waals surface area contributed by atoms with E-state index in [-0.39, 0.29) is 5.78 Å². The van der Waals surface area contributed by atoms with E-state index in [1.165, 1.54) is 6.92 Å². The van der Waals surface area contributed by atoms with Gasteiger partial charge in [0.25, 0.3) is 0 Å². The van der Waals surface area contributed by atoms with Crippen LogP contribution >= 0.6 is 0 Å². The molecule has 3 nitrogen and oxygen atoms in total. The van der Waals surface area contributed by atoms with Crippen LogP contribution in [0.3, 0.4) is 0 Å². The Morgan fingerprint density at radius 3 is 3.00 bits per heavy atom. The summed E-state index contributed by atoms with van der Waals surface area (Å²) in [4.78, 5) is 14.9. The van der Waals surface area contributed by atoms with Gasteiger partial charge >= 0.3 is 0 Å². The molecule has 0 amide bonds. The molecule has 0 atom stereocenters. The third-order valence-corrected chi connectivity index (χ3v) is 1.43. The first-order valence-electron chi connectivity index (χ1n) is 3.84. The van der Waals surface area contributed by atoms with Gasteiger partial charge < -0.3 is 4.74 Å². The lowest BCUT2D eigenvalue weighted by molar-refractivity contribution is 0.101. The number of rotatable bonds is 3. The normalized spacial score (nSPS) is 9.50. The maximum atomic E-state index is 10.9. The van der Waals surface area contributed by atoms with Crippen LogP contribution in [0.15, 0.2) is 18.3 Å². The van der Waals surface area contributed by atoms with Crippen molar-refractivity contribution in [2.75, 3.05) is 6.61 Å². The highest BCUT2D eigenvalue weighted by Gasteiger charge is 2.00. The van der Waals surface area contributed by atoms with Gasteiger partial charge in [-0.3, -0.25) is 4.79 Å². The largest absolute Gasteiger partial charge is 0.478 e. The topological polar surface area (TPSA) is 39.2 Å². The van der Waals surface area contributed by atoms with Gasteiger partial charge in [-0.15, -0.1) is 0 Å². The van der Waals surface area contributed by atoms with Gasteiger partial charge in [0.2, 0.25) is 5.88 Å². The first-order valence-corrected chi connectivity index (χ1v) is 3.84.